The smallest absolute Gasteiger partial charge is 0.361 e. The van der Waals surface area contributed by atoms with Crippen molar-refractivity contribution in [3.05, 3.63) is 36.3 Å². The highest BCUT2D eigenvalue weighted by Gasteiger charge is 2.18. The quantitative estimate of drug-likeness (QED) is 0.557. The van der Waals surface area contributed by atoms with Gasteiger partial charge in [-0.25, -0.2) is 9.48 Å². The zero-order chi connectivity index (χ0) is 13.0. The lowest BCUT2D eigenvalue weighted by Gasteiger charge is -2.00. The van der Waals surface area contributed by atoms with Crippen LogP contribution in [-0.4, -0.2) is 37.7 Å². The Hall–Kier alpha value is -2.51. The van der Waals surface area contributed by atoms with Crippen LogP contribution in [-0.2, 0) is 11.3 Å². The lowest BCUT2D eigenvalue weighted by Crippen LogP contribution is -2.09. The minimum Gasteiger partial charge on any atom is -0.457 e. The van der Waals surface area contributed by atoms with Crippen molar-refractivity contribution >= 4 is 5.97 Å². The molecule has 0 N–H and O–H groups in total. The summed E-state index contributed by atoms with van der Waals surface area (Å²) in [5.74, 6) is -0.0826. The first-order chi connectivity index (χ1) is 8.72. The lowest BCUT2D eigenvalue weighted by atomic mass is 10.3. The predicted molar refractivity (Wildman–Crippen MR) is 58.6 cm³/mol. The minimum atomic E-state index is -0.535. The molecule has 18 heavy (non-hydrogen) atoms. The molecule has 2 rings (SSSR count). The largest absolute Gasteiger partial charge is 0.457 e. The van der Waals surface area contributed by atoms with E-state index < -0.39 is 5.97 Å². The van der Waals surface area contributed by atoms with Crippen LogP contribution < -0.4 is 0 Å². The molecule has 2 aromatic rings. The predicted octanol–water partition coefficient (Wildman–Crippen LogP) is 0.361. The van der Waals surface area contributed by atoms with Gasteiger partial charge in [0.15, 0.2) is 11.5 Å². The first-order valence-corrected chi connectivity index (χ1v) is 5.15. The monoisotopic (exact) mass is 249 g/mol. The summed E-state index contributed by atoms with van der Waals surface area (Å²) in [7, 11) is 0. The summed E-state index contributed by atoms with van der Waals surface area (Å²) in [6.07, 6.45) is 2.71. The minimum absolute atomic E-state index is 0.135. The molecule has 2 heterocycles. The summed E-state index contributed by atoms with van der Waals surface area (Å²) in [6, 6.07) is 0. The van der Waals surface area contributed by atoms with Gasteiger partial charge in [0.05, 0.1) is 5.69 Å². The molecule has 0 unspecified atom stereocenters. The van der Waals surface area contributed by atoms with Crippen molar-refractivity contribution in [3.8, 4) is 0 Å². The second kappa shape index (κ2) is 5.21. The summed E-state index contributed by atoms with van der Waals surface area (Å²) in [5.41, 5.74) is 0.745. The van der Waals surface area contributed by atoms with Gasteiger partial charge in [0.2, 0.25) is 6.39 Å². The van der Waals surface area contributed by atoms with Crippen LogP contribution in [0.4, 0.5) is 0 Å². The van der Waals surface area contributed by atoms with Crippen LogP contribution in [0, 0.1) is 6.92 Å². The maximum absolute atomic E-state index is 11.6. The van der Waals surface area contributed by atoms with Crippen LogP contribution >= 0.6 is 0 Å². The molecule has 8 heteroatoms. The Bertz CT molecular complexity index is 546. The molecule has 0 aromatic carbocycles. The molecule has 0 spiro atoms. The first kappa shape index (κ1) is 12.0. The van der Waals surface area contributed by atoms with E-state index in [2.05, 4.69) is 31.6 Å². The molecule has 8 nitrogen and oxygen atoms in total. The average molecular weight is 249 g/mol. The summed E-state index contributed by atoms with van der Waals surface area (Å²) >= 11 is 0. The number of carbonyl (C=O) groups is 1. The zero-order valence-corrected chi connectivity index (χ0v) is 9.74. The third-order valence-electron chi connectivity index (χ3n) is 2.21. The van der Waals surface area contributed by atoms with Crippen molar-refractivity contribution < 1.29 is 14.1 Å². The van der Waals surface area contributed by atoms with E-state index in [-0.39, 0.29) is 18.8 Å². The van der Waals surface area contributed by atoms with E-state index in [0.29, 0.717) is 11.5 Å². The second-order valence-corrected chi connectivity index (χ2v) is 3.42. The average Bonchev–Trinajstić information content (AvgIpc) is 2.98. The highest BCUT2D eigenvalue weighted by atomic mass is 16.5. The molecule has 94 valence electrons. The topological polar surface area (TPSA) is 95.9 Å². The van der Waals surface area contributed by atoms with Crippen molar-refractivity contribution in [2.45, 2.75) is 13.5 Å². The van der Waals surface area contributed by atoms with Gasteiger partial charge in [-0.2, -0.15) is 4.98 Å². The van der Waals surface area contributed by atoms with Gasteiger partial charge in [-0.1, -0.05) is 23.0 Å². The van der Waals surface area contributed by atoms with Crippen molar-refractivity contribution in [1.29, 1.82) is 0 Å². The normalized spacial score (nSPS) is 10.3. The van der Waals surface area contributed by atoms with Gasteiger partial charge in [-0.15, -0.1) is 5.10 Å². The number of ether oxygens (including phenoxy) is 1. The van der Waals surface area contributed by atoms with Crippen molar-refractivity contribution in [2.24, 2.45) is 0 Å². The molecule has 0 atom stereocenters. The summed E-state index contributed by atoms with van der Waals surface area (Å²) in [6.45, 7) is 5.59. The van der Waals surface area contributed by atoms with Crippen molar-refractivity contribution in [1.82, 2.24) is 25.1 Å². The number of hydrogen-bond donors (Lipinski definition) is 0. The van der Waals surface area contributed by atoms with Gasteiger partial charge in [-0.3, -0.25) is 0 Å². The van der Waals surface area contributed by atoms with E-state index in [1.54, 1.807) is 6.92 Å². The molecule has 0 amide bonds. The third-order valence-corrected chi connectivity index (χ3v) is 2.21. The molecule has 2 aromatic heterocycles. The van der Waals surface area contributed by atoms with E-state index in [1.165, 1.54) is 17.2 Å². The van der Waals surface area contributed by atoms with Crippen LogP contribution in [0.1, 0.15) is 22.0 Å². The third kappa shape index (κ3) is 2.42. The van der Waals surface area contributed by atoms with Crippen LogP contribution in [0.15, 0.2) is 23.6 Å². The molecule has 0 aliphatic rings. The Kier molecular flexibility index (Phi) is 3.46. The number of esters is 1. The van der Waals surface area contributed by atoms with E-state index in [1.807, 2.05) is 0 Å². The summed E-state index contributed by atoms with van der Waals surface area (Å²) < 4.78 is 11.0. The van der Waals surface area contributed by atoms with Gasteiger partial charge < -0.3 is 9.26 Å². The van der Waals surface area contributed by atoms with Gasteiger partial charge in [0.25, 0.3) is 0 Å². The van der Waals surface area contributed by atoms with E-state index >= 15 is 0 Å². The number of nitrogens with zero attached hydrogens (tertiary/aromatic N) is 5. The molecule has 0 fully saturated rings. The van der Waals surface area contributed by atoms with Crippen LogP contribution in [0.5, 0.6) is 0 Å². The highest BCUT2D eigenvalue weighted by Crippen LogP contribution is 2.07. The summed E-state index contributed by atoms with van der Waals surface area (Å²) in [5, 5.41) is 11.3. The van der Waals surface area contributed by atoms with E-state index in [9.17, 15) is 4.79 Å². The highest BCUT2D eigenvalue weighted by molar-refractivity contribution is 5.88. The molecule has 0 aliphatic heterocycles. The number of hydrogen-bond acceptors (Lipinski definition) is 7. The van der Waals surface area contributed by atoms with Gasteiger partial charge in [-0.05, 0) is 6.92 Å². The number of carbonyl (C=O) groups excluding carboxylic acids is 1. The SMILES string of the molecule is C=CCOC(=O)c1nnn(Cc2ncon2)c1C. The fourth-order valence-electron chi connectivity index (χ4n) is 1.30. The van der Waals surface area contributed by atoms with E-state index in [4.69, 9.17) is 4.74 Å². The van der Waals surface area contributed by atoms with Crippen LogP contribution in [0.3, 0.4) is 0 Å². The summed E-state index contributed by atoms with van der Waals surface area (Å²) in [4.78, 5) is 15.5. The van der Waals surface area contributed by atoms with Gasteiger partial charge >= 0.3 is 5.97 Å². The second-order valence-electron chi connectivity index (χ2n) is 3.42. The molecular weight excluding hydrogens is 238 g/mol. The first-order valence-electron chi connectivity index (χ1n) is 5.15. The number of aromatic nitrogens is 5. The maximum Gasteiger partial charge on any atom is 0.361 e. The maximum atomic E-state index is 11.6. The Labute approximate surface area is 102 Å². The molecule has 0 aliphatic carbocycles. The Morgan fingerprint density at radius 3 is 3.17 bits per heavy atom. The van der Waals surface area contributed by atoms with Crippen molar-refractivity contribution in [3.63, 3.8) is 0 Å². The fourth-order valence-corrected chi connectivity index (χ4v) is 1.30. The van der Waals surface area contributed by atoms with Gasteiger partial charge in [0.1, 0.15) is 13.2 Å². The lowest BCUT2D eigenvalue weighted by molar-refractivity contribution is 0.0542. The molecule has 0 saturated heterocycles. The van der Waals surface area contributed by atoms with Crippen LogP contribution in [0.2, 0.25) is 0 Å². The molecular formula is C10H11N5O3. The fraction of sp³-hybridized carbons (Fsp3) is 0.300. The molecule has 0 radical (unpaired) electrons. The van der Waals surface area contributed by atoms with Crippen molar-refractivity contribution in [2.75, 3.05) is 6.61 Å². The van der Waals surface area contributed by atoms with E-state index in [0.717, 1.165) is 0 Å². The van der Waals surface area contributed by atoms with Crippen LogP contribution in [0.25, 0.3) is 0 Å². The molecule has 0 bridgehead atoms. The Balaban J connectivity index is 2.13. The Morgan fingerprint density at radius 1 is 1.67 bits per heavy atom. The van der Waals surface area contributed by atoms with Gasteiger partial charge in [0, 0.05) is 0 Å². The zero-order valence-electron chi connectivity index (χ0n) is 9.74. The molecule has 0 saturated carbocycles. The Morgan fingerprint density at radius 2 is 2.50 bits per heavy atom. The standard InChI is InChI=1S/C10H11N5O3/c1-3-4-17-10(16)9-7(2)15(14-12-9)5-8-11-6-18-13-8/h3,6H,1,4-5H2,2H3. The number of rotatable bonds is 5.